The molecule has 96 heavy (non-hydrogen) atoms. The first-order chi connectivity index (χ1) is 47.6. The van der Waals surface area contributed by atoms with Crippen molar-refractivity contribution in [1.82, 2.24) is 14.5 Å². The van der Waals surface area contributed by atoms with Crippen molar-refractivity contribution in [2.75, 3.05) is 9.80 Å². The van der Waals surface area contributed by atoms with Crippen LogP contribution in [0.25, 0.3) is 135 Å². The summed E-state index contributed by atoms with van der Waals surface area (Å²) < 4.78 is 7.65. The number of para-hydroxylation sites is 2. The number of thiophene rings is 2. The van der Waals surface area contributed by atoms with Gasteiger partial charge in [0.25, 0.3) is 6.71 Å². The number of anilines is 6. The van der Waals surface area contributed by atoms with E-state index in [-0.39, 0.29) is 6.71 Å². The molecular formula is C88H54BN5S2. The van der Waals surface area contributed by atoms with Gasteiger partial charge in [0.1, 0.15) is 0 Å². The standard InChI is InChI=1S/C88H54BN5S2/c1-5-21-55(22-6-1)70-51-90-52-71(56-23-7-2-8-24-56)87(70)93-78-47-61(59-39-43-84-68(45-59)66-31-15-19-35-82(66)95-84)37-41-74(78)89-75-42-38-62(60-40-44-85-69(46-60)67-32-16-20-36-83(67)96-85)48-79(75)94(88-72(57-25-9-3-10-26-57)53-91-54-73(88)58-27-11-4-12-28-58)81-50-63(49-80(93)86(81)89)92-76-33-17-13-29-64(76)65-30-14-18-34-77(65)92/h1-54H. The summed E-state index contributed by atoms with van der Waals surface area (Å²) >= 11 is 3.72. The Morgan fingerprint density at radius 3 is 1.00 bits per heavy atom. The Morgan fingerprint density at radius 1 is 0.260 bits per heavy atom. The first-order valence-electron chi connectivity index (χ1n) is 32.7. The van der Waals surface area contributed by atoms with Crippen LogP contribution in [-0.2, 0) is 0 Å². The van der Waals surface area contributed by atoms with Crippen molar-refractivity contribution in [3.05, 3.63) is 328 Å². The van der Waals surface area contributed by atoms with Gasteiger partial charge in [0, 0.05) is 121 Å². The summed E-state index contributed by atoms with van der Waals surface area (Å²) in [7, 11) is 0. The van der Waals surface area contributed by atoms with E-state index in [0.29, 0.717) is 0 Å². The summed E-state index contributed by atoms with van der Waals surface area (Å²) in [6.45, 7) is -0.251. The van der Waals surface area contributed by atoms with Crippen molar-refractivity contribution >= 4 is 142 Å². The molecule has 13 aromatic carbocycles. The van der Waals surface area contributed by atoms with Gasteiger partial charge in [-0.3, -0.25) is 9.97 Å². The third kappa shape index (κ3) is 8.49. The SMILES string of the molecule is c1ccc(-c2cncc(-c3ccccc3)c2N2c3cc(-c4ccc5sc6ccccc6c5c4)ccc3B3c4ccc(-c5ccc6sc7ccccc7c6c5)cc4N(c4c(-c5ccccc5)cncc4-c4ccccc4)c4cc(-n5c6ccccc6c6ccccc65)cc2c43)cc1. The number of rotatable bonds is 9. The highest BCUT2D eigenvalue weighted by atomic mass is 32.1. The normalized spacial score (nSPS) is 12.5. The largest absolute Gasteiger partial charge is 0.310 e. The summed E-state index contributed by atoms with van der Waals surface area (Å²) in [5.74, 6) is 0. The zero-order valence-electron chi connectivity index (χ0n) is 51.8. The molecule has 0 radical (unpaired) electrons. The summed E-state index contributed by atoms with van der Waals surface area (Å²) in [5.41, 5.74) is 26.3. The molecule has 2 aliphatic heterocycles. The number of pyridine rings is 2. The molecule has 0 aliphatic carbocycles. The molecule has 0 bridgehead atoms. The molecule has 5 aromatic heterocycles. The van der Waals surface area contributed by atoms with Crippen LogP contribution >= 0.6 is 22.7 Å². The van der Waals surface area contributed by atoms with Gasteiger partial charge in [-0.15, -0.1) is 22.7 Å². The Hall–Kier alpha value is -11.9. The van der Waals surface area contributed by atoms with E-state index >= 15 is 0 Å². The molecule has 446 valence electrons. The molecule has 0 N–H and O–H groups in total. The molecular weight excluding hydrogens is 1200 g/mol. The van der Waals surface area contributed by atoms with Gasteiger partial charge in [0.15, 0.2) is 0 Å². The van der Waals surface area contributed by atoms with Crippen molar-refractivity contribution in [2.24, 2.45) is 0 Å². The molecule has 7 heterocycles. The Labute approximate surface area is 563 Å². The lowest BCUT2D eigenvalue weighted by Crippen LogP contribution is -2.61. The fourth-order valence-corrected chi connectivity index (χ4v) is 17.8. The van der Waals surface area contributed by atoms with Crippen LogP contribution in [0.15, 0.2) is 328 Å². The first-order valence-corrected chi connectivity index (χ1v) is 34.3. The number of aromatic nitrogens is 3. The summed E-state index contributed by atoms with van der Waals surface area (Å²) in [4.78, 5) is 15.6. The number of fused-ring (bicyclic) bond motifs is 13. The zero-order valence-corrected chi connectivity index (χ0v) is 53.4. The topological polar surface area (TPSA) is 37.2 Å². The molecule has 0 fully saturated rings. The lowest BCUT2D eigenvalue weighted by Gasteiger charge is -2.46. The number of benzene rings is 13. The Balaban J connectivity index is 0.960. The van der Waals surface area contributed by atoms with Gasteiger partial charge in [-0.05, 0) is 134 Å². The molecule has 2 aliphatic rings. The summed E-state index contributed by atoms with van der Waals surface area (Å²) in [6, 6.07) is 113. The molecule has 20 rings (SSSR count). The van der Waals surface area contributed by atoms with Crippen LogP contribution in [-0.4, -0.2) is 21.2 Å². The second kappa shape index (κ2) is 21.8. The van der Waals surface area contributed by atoms with Gasteiger partial charge in [-0.1, -0.05) is 231 Å². The van der Waals surface area contributed by atoms with Gasteiger partial charge in [-0.25, -0.2) is 0 Å². The molecule has 18 aromatic rings. The molecule has 5 nitrogen and oxygen atoms in total. The van der Waals surface area contributed by atoms with Crippen molar-refractivity contribution in [3.63, 3.8) is 0 Å². The minimum absolute atomic E-state index is 0.251. The van der Waals surface area contributed by atoms with E-state index in [1.165, 1.54) is 67.5 Å². The fraction of sp³-hybridized carbons (Fsp3) is 0. The van der Waals surface area contributed by atoms with E-state index in [1.807, 2.05) is 22.7 Å². The van der Waals surface area contributed by atoms with E-state index in [2.05, 4.69) is 342 Å². The van der Waals surface area contributed by atoms with Crippen molar-refractivity contribution in [3.8, 4) is 72.4 Å². The molecule has 0 atom stereocenters. The van der Waals surface area contributed by atoms with Crippen LogP contribution in [0.5, 0.6) is 0 Å². The van der Waals surface area contributed by atoms with Crippen molar-refractivity contribution in [1.29, 1.82) is 0 Å². The molecule has 0 amide bonds. The van der Waals surface area contributed by atoms with E-state index in [1.54, 1.807) is 0 Å². The van der Waals surface area contributed by atoms with Crippen LogP contribution in [0.1, 0.15) is 0 Å². The number of hydrogen-bond acceptors (Lipinski definition) is 6. The first kappa shape index (κ1) is 54.6. The third-order valence-electron chi connectivity index (χ3n) is 19.9. The average molecular weight is 1260 g/mol. The maximum Gasteiger partial charge on any atom is 0.252 e. The van der Waals surface area contributed by atoms with Crippen LogP contribution in [0.3, 0.4) is 0 Å². The maximum absolute atomic E-state index is 5.18. The van der Waals surface area contributed by atoms with Gasteiger partial charge >= 0.3 is 0 Å². The van der Waals surface area contributed by atoms with Gasteiger partial charge in [0.05, 0.1) is 28.1 Å². The van der Waals surface area contributed by atoms with E-state index in [4.69, 9.17) is 9.97 Å². The highest BCUT2D eigenvalue weighted by molar-refractivity contribution is 7.26. The molecule has 8 heteroatoms. The van der Waals surface area contributed by atoms with Gasteiger partial charge < -0.3 is 14.4 Å². The minimum atomic E-state index is -0.251. The predicted molar refractivity (Wildman–Crippen MR) is 409 cm³/mol. The van der Waals surface area contributed by atoms with Crippen LogP contribution < -0.4 is 26.2 Å². The molecule has 0 saturated carbocycles. The molecule has 0 saturated heterocycles. The fourth-order valence-electron chi connectivity index (χ4n) is 15.7. The molecule has 0 unspecified atom stereocenters. The summed E-state index contributed by atoms with van der Waals surface area (Å²) in [6.07, 6.45) is 8.33. The van der Waals surface area contributed by atoms with Crippen LogP contribution in [0.4, 0.5) is 34.1 Å². The monoisotopic (exact) mass is 1260 g/mol. The average Bonchev–Trinajstić information content (AvgIpc) is 0.696. The van der Waals surface area contributed by atoms with Crippen LogP contribution in [0.2, 0.25) is 0 Å². The molecule has 0 spiro atoms. The Kier molecular flexibility index (Phi) is 12.4. The number of nitrogens with zero attached hydrogens (tertiary/aromatic N) is 5. The van der Waals surface area contributed by atoms with Crippen molar-refractivity contribution < 1.29 is 0 Å². The smallest absolute Gasteiger partial charge is 0.252 e. The highest BCUT2D eigenvalue weighted by Crippen LogP contribution is 2.54. The van der Waals surface area contributed by atoms with E-state index in [9.17, 15) is 0 Å². The highest BCUT2D eigenvalue weighted by Gasteiger charge is 2.46. The lowest BCUT2D eigenvalue weighted by atomic mass is 9.33. The summed E-state index contributed by atoms with van der Waals surface area (Å²) in [5, 5.41) is 7.48. The second-order valence-electron chi connectivity index (χ2n) is 25.2. The second-order valence-corrected chi connectivity index (χ2v) is 27.3. The Morgan fingerprint density at radius 2 is 0.594 bits per heavy atom. The Bertz CT molecular complexity index is 5690. The van der Waals surface area contributed by atoms with Gasteiger partial charge in [-0.2, -0.15) is 0 Å². The maximum atomic E-state index is 5.18. The predicted octanol–water partition coefficient (Wildman–Crippen LogP) is 22.4. The minimum Gasteiger partial charge on any atom is -0.310 e. The van der Waals surface area contributed by atoms with E-state index < -0.39 is 0 Å². The van der Waals surface area contributed by atoms with Crippen LogP contribution in [0, 0.1) is 0 Å². The zero-order chi connectivity index (χ0) is 63.0. The number of hydrogen-bond donors (Lipinski definition) is 0. The quantitative estimate of drug-likeness (QED) is 0.135. The lowest BCUT2D eigenvalue weighted by molar-refractivity contribution is 1.16. The third-order valence-corrected chi connectivity index (χ3v) is 22.2. The van der Waals surface area contributed by atoms with Crippen molar-refractivity contribution in [2.45, 2.75) is 0 Å². The van der Waals surface area contributed by atoms with Gasteiger partial charge in [0.2, 0.25) is 0 Å². The van der Waals surface area contributed by atoms with E-state index in [0.717, 1.165) is 118 Å².